The number of nitro groups is 1. The van der Waals surface area contributed by atoms with Crippen LogP contribution in [-0.4, -0.2) is 22.8 Å². The first-order valence-electron chi connectivity index (χ1n) is 8.61. The lowest BCUT2D eigenvalue weighted by Gasteiger charge is -2.10. The van der Waals surface area contributed by atoms with Gasteiger partial charge in [0, 0.05) is 17.3 Å². The summed E-state index contributed by atoms with van der Waals surface area (Å²) < 4.78 is 4.98. The largest absolute Gasteiger partial charge is 0.490 e. The van der Waals surface area contributed by atoms with Crippen LogP contribution in [0.4, 0.5) is 17.2 Å². The molecule has 0 atom stereocenters. The maximum atomic E-state index is 12.7. The molecule has 3 rings (SSSR count). The first-order valence-corrected chi connectivity index (χ1v) is 9.36. The number of benzene rings is 2. The van der Waals surface area contributed by atoms with Crippen molar-refractivity contribution in [1.82, 2.24) is 4.98 Å². The fraction of sp³-hybridized carbons (Fsp3) is 0.0476. The molecule has 1 N–H and O–H groups in total. The predicted octanol–water partition coefficient (Wildman–Crippen LogP) is 5.94. The molecular weight excluding hydrogens is 429 g/mol. The molecule has 0 radical (unpaired) electrons. The van der Waals surface area contributed by atoms with E-state index in [4.69, 9.17) is 27.9 Å². The minimum atomic E-state index is -0.545. The fourth-order valence-electron chi connectivity index (χ4n) is 2.64. The average molecular weight is 444 g/mol. The van der Waals surface area contributed by atoms with Crippen molar-refractivity contribution in [3.63, 3.8) is 0 Å². The van der Waals surface area contributed by atoms with Crippen LogP contribution in [0.2, 0.25) is 10.0 Å². The van der Waals surface area contributed by atoms with Gasteiger partial charge in [-0.1, -0.05) is 35.3 Å². The van der Waals surface area contributed by atoms with Crippen molar-refractivity contribution in [2.75, 3.05) is 12.4 Å². The molecule has 0 unspecified atom stereocenters. The number of ether oxygens (including phenoxy) is 1. The van der Waals surface area contributed by atoms with Crippen molar-refractivity contribution < 1.29 is 14.5 Å². The third-order valence-corrected chi connectivity index (χ3v) is 4.63. The summed E-state index contributed by atoms with van der Waals surface area (Å²) in [5.41, 5.74) is 1.15. The number of carbonyl (C=O) groups is 1. The van der Waals surface area contributed by atoms with Gasteiger partial charge in [0.15, 0.2) is 11.5 Å². The van der Waals surface area contributed by atoms with Gasteiger partial charge in [-0.15, -0.1) is 0 Å². The molecule has 0 fully saturated rings. The van der Waals surface area contributed by atoms with Crippen molar-refractivity contribution in [2.24, 2.45) is 0 Å². The number of aromatic nitrogens is 1. The van der Waals surface area contributed by atoms with Crippen LogP contribution < -0.4 is 10.1 Å². The zero-order valence-electron chi connectivity index (χ0n) is 15.6. The number of anilines is 2. The molecule has 2 aromatic carbocycles. The molecular formula is C21H15Cl2N3O4. The molecule has 152 valence electrons. The third kappa shape index (κ3) is 4.94. The fourth-order valence-corrected chi connectivity index (χ4v) is 3.09. The maximum Gasteiger partial charge on any atom is 0.311 e. The highest BCUT2D eigenvalue weighted by Gasteiger charge is 2.15. The molecule has 9 heteroatoms. The molecule has 0 bridgehead atoms. The summed E-state index contributed by atoms with van der Waals surface area (Å²) in [7, 11) is 1.35. The molecule has 0 aliphatic rings. The highest BCUT2D eigenvalue weighted by atomic mass is 35.5. The van der Waals surface area contributed by atoms with Crippen molar-refractivity contribution in [3.8, 4) is 5.75 Å². The Hall–Kier alpha value is -3.42. The van der Waals surface area contributed by atoms with Gasteiger partial charge in [-0.25, -0.2) is 4.98 Å². The molecule has 0 saturated carbocycles. The number of hydrogen-bond donors (Lipinski definition) is 1. The van der Waals surface area contributed by atoms with Gasteiger partial charge in [-0.2, -0.15) is 0 Å². The number of carbonyl (C=O) groups excluding carboxylic acids is 1. The van der Waals surface area contributed by atoms with Gasteiger partial charge in [0.1, 0.15) is 5.82 Å². The van der Waals surface area contributed by atoms with Gasteiger partial charge in [0.05, 0.1) is 28.3 Å². The van der Waals surface area contributed by atoms with E-state index in [2.05, 4.69) is 10.3 Å². The molecule has 7 nitrogen and oxygen atoms in total. The molecule has 1 heterocycles. The van der Waals surface area contributed by atoms with E-state index in [0.717, 1.165) is 0 Å². The summed E-state index contributed by atoms with van der Waals surface area (Å²) in [4.78, 5) is 27.6. The van der Waals surface area contributed by atoms with Gasteiger partial charge in [0.25, 0.3) is 0 Å². The number of pyridine rings is 1. The van der Waals surface area contributed by atoms with E-state index in [-0.39, 0.29) is 17.2 Å². The van der Waals surface area contributed by atoms with E-state index >= 15 is 0 Å². The molecule has 0 aliphatic carbocycles. The van der Waals surface area contributed by atoms with Crippen molar-refractivity contribution >= 4 is 52.3 Å². The van der Waals surface area contributed by atoms with Crippen LogP contribution in [0.15, 0.2) is 60.8 Å². The Morgan fingerprint density at radius 3 is 2.70 bits per heavy atom. The number of methoxy groups -OCH3 is 1. The monoisotopic (exact) mass is 443 g/mol. The summed E-state index contributed by atoms with van der Waals surface area (Å²) in [6.07, 6.45) is 4.34. The van der Waals surface area contributed by atoms with E-state index in [9.17, 15) is 14.9 Å². The molecule has 1 aromatic heterocycles. The summed E-state index contributed by atoms with van der Waals surface area (Å²) in [6.45, 7) is 0. The Morgan fingerprint density at radius 1 is 1.20 bits per heavy atom. The van der Waals surface area contributed by atoms with Crippen LogP contribution >= 0.6 is 23.2 Å². The van der Waals surface area contributed by atoms with E-state index in [1.54, 1.807) is 42.6 Å². The molecule has 0 spiro atoms. The average Bonchev–Trinajstić information content (AvgIpc) is 2.74. The number of nitro benzene ring substituents is 1. The van der Waals surface area contributed by atoms with Crippen LogP contribution in [0.25, 0.3) is 6.08 Å². The quantitative estimate of drug-likeness (QED) is 0.210. The number of ketones is 1. The zero-order valence-corrected chi connectivity index (χ0v) is 17.1. The zero-order chi connectivity index (χ0) is 21.7. The lowest BCUT2D eigenvalue weighted by Crippen LogP contribution is -2.03. The molecule has 0 aliphatic heterocycles. The molecule has 0 saturated heterocycles. The standard InChI is InChI=1S/C21H15Cl2N3O4/c1-30-20-9-5-13(11-18(20)26(28)29)4-8-19(27)15-3-2-10-24-21(15)25-17-7-6-14(22)12-16(17)23/h2-12H,1H3,(H,24,25). The lowest BCUT2D eigenvalue weighted by molar-refractivity contribution is -0.385. The normalized spacial score (nSPS) is 10.8. The second-order valence-corrected chi connectivity index (χ2v) is 6.88. The van der Waals surface area contributed by atoms with Crippen molar-refractivity contribution in [2.45, 2.75) is 0 Å². The van der Waals surface area contributed by atoms with Crippen LogP contribution in [0.3, 0.4) is 0 Å². The molecule has 0 amide bonds. The Kier molecular flexibility index (Phi) is 6.66. The van der Waals surface area contributed by atoms with Gasteiger partial charge in [-0.3, -0.25) is 14.9 Å². The second kappa shape index (κ2) is 9.39. The van der Waals surface area contributed by atoms with E-state index < -0.39 is 4.92 Å². The van der Waals surface area contributed by atoms with Crippen molar-refractivity contribution in [3.05, 3.63) is 92.1 Å². The Labute approximate surface area is 182 Å². The summed E-state index contributed by atoms with van der Waals surface area (Å²) >= 11 is 12.1. The van der Waals surface area contributed by atoms with E-state index in [1.165, 1.54) is 31.4 Å². The summed E-state index contributed by atoms with van der Waals surface area (Å²) in [5, 5.41) is 15.0. The Bertz CT molecular complexity index is 1150. The Balaban J connectivity index is 1.86. The number of allylic oxidation sites excluding steroid dienone is 1. The first kappa shape index (κ1) is 21.3. The topological polar surface area (TPSA) is 94.4 Å². The Morgan fingerprint density at radius 2 is 2.00 bits per heavy atom. The smallest absolute Gasteiger partial charge is 0.311 e. The minimum Gasteiger partial charge on any atom is -0.490 e. The molecule has 30 heavy (non-hydrogen) atoms. The number of nitrogens with zero attached hydrogens (tertiary/aromatic N) is 2. The van der Waals surface area contributed by atoms with Crippen LogP contribution in [0.5, 0.6) is 5.75 Å². The van der Waals surface area contributed by atoms with E-state index in [1.807, 2.05) is 0 Å². The van der Waals surface area contributed by atoms with Gasteiger partial charge >= 0.3 is 5.69 Å². The maximum absolute atomic E-state index is 12.7. The SMILES string of the molecule is COc1ccc(C=CC(=O)c2cccnc2Nc2ccc(Cl)cc2Cl)cc1[N+](=O)[O-]. The number of nitrogens with one attached hydrogen (secondary N) is 1. The highest BCUT2D eigenvalue weighted by Crippen LogP contribution is 2.30. The van der Waals surface area contributed by atoms with Crippen LogP contribution in [0.1, 0.15) is 15.9 Å². The third-order valence-electron chi connectivity index (χ3n) is 4.08. The van der Waals surface area contributed by atoms with Crippen molar-refractivity contribution in [1.29, 1.82) is 0 Å². The lowest BCUT2D eigenvalue weighted by atomic mass is 10.1. The van der Waals surface area contributed by atoms with E-state index in [0.29, 0.717) is 32.7 Å². The minimum absolute atomic E-state index is 0.141. The van der Waals surface area contributed by atoms with Crippen LogP contribution in [0, 0.1) is 10.1 Å². The predicted molar refractivity (Wildman–Crippen MR) is 117 cm³/mol. The molecule has 3 aromatic rings. The van der Waals surface area contributed by atoms with Crippen LogP contribution in [-0.2, 0) is 0 Å². The number of hydrogen-bond acceptors (Lipinski definition) is 6. The van der Waals surface area contributed by atoms with Gasteiger partial charge in [-0.05, 0) is 48.0 Å². The number of rotatable bonds is 7. The summed E-state index contributed by atoms with van der Waals surface area (Å²) in [6, 6.07) is 12.6. The first-order chi connectivity index (χ1) is 14.4. The number of halogens is 2. The van der Waals surface area contributed by atoms with Gasteiger partial charge < -0.3 is 10.1 Å². The summed E-state index contributed by atoms with van der Waals surface area (Å²) in [5.74, 6) is 0.119. The highest BCUT2D eigenvalue weighted by molar-refractivity contribution is 6.36. The second-order valence-electron chi connectivity index (χ2n) is 6.03. The van der Waals surface area contributed by atoms with Gasteiger partial charge in [0.2, 0.25) is 0 Å².